The molecule has 130 valence electrons. The van der Waals surface area contributed by atoms with Gasteiger partial charge < -0.3 is 14.4 Å². The predicted octanol–water partition coefficient (Wildman–Crippen LogP) is 1.31. The van der Waals surface area contributed by atoms with Crippen molar-refractivity contribution in [3.63, 3.8) is 0 Å². The summed E-state index contributed by atoms with van der Waals surface area (Å²) in [5, 5.41) is 0. The number of nitrogens with zero attached hydrogens (tertiary/aromatic N) is 2. The lowest BCUT2D eigenvalue weighted by Gasteiger charge is -2.37. The Morgan fingerprint density at radius 1 is 1.17 bits per heavy atom. The van der Waals surface area contributed by atoms with Gasteiger partial charge in [0.1, 0.15) is 6.10 Å². The molecule has 1 aromatic rings. The zero-order chi connectivity index (χ0) is 16.4. The third kappa shape index (κ3) is 3.48. The molecule has 0 spiro atoms. The second-order valence-electron chi connectivity index (χ2n) is 7.13. The molecule has 0 aromatic heterocycles. The molecule has 2 fully saturated rings. The van der Waals surface area contributed by atoms with Gasteiger partial charge in [-0.1, -0.05) is 24.3 Å². The van der Waals surface area contributed by atoms with E-state index in [9.17, 15) is 4.79 Å². The summed E-state index contributed by atoms with van der Waals surface area (Å²) in [4.78, 5) is 17.2. The van der Waals surface area contributed by atoms with Crippen LogP contribution in [0.1, 0.15) is 17.5 Å². The number of benzene rings is 1. The molecule has 1 aromatic carbocycles. The van der Waals surface area contributed by atoms with Crippen LogP contribution in [0.2, 0.25) is 0 Å². The summed E-state index contributed by atoms with van der Waals surface area (Å²) < 4.78 is 11.3. The molecular weight excluding hydrogens is 304 g/mol. The number of rotatable bonds is 3. The lowest BCUT2D eigenvalue weighted by atomic mass is 9.99. The van der Waals surface area contributed by atoms with Crippen LogP contribution in [0.4, 0.5) is 0 Å². The summed E-state index contributed by atoms with van der Waals surface area (Å²) in [5.41, 5.74) is 2.64. The Labute approximate surface area is 143 Å². The molecule has 2 unspecified atom stereocenters. The molecule has 0 bridgehead atoms. The Bertz CT molecular complexity index is 586. The normalized spacial score (nSPS) is 27.9. The van der Waals surface area contributed by atoms with Crippen LogP contribution in [-0.2, 0) is 27.2 Å². The van der Waals surface area contributed by atoms with E-state index in [2.05, 4.69) is 29.2 Å². The number of hydrogen-bond donors (Lipinski definition) is 0. The van der Waals surface area contributed by atoms with Crippen LogP contribution in [0.3, 0.4) is 0 Å². The van der Waals surface area contributed by atoms with Gasteiger partial charge in [0.15, 0.2) is 0 Å². The molecule has 24 heavy (non-hydrogen) atoms. The van der Waals surface area contributed by atoms with Crippen molar-refractivity contribution in [1.29, 1.82) is 0 Å². The fraction of sp³-hybridized carbons (Fsp3) is 0.632. The molecule has 1 amide bonds. The van der Waals surface area contributed by atoms with Crippen LogP contribution in [0.15, 0.2) is 24.3 Å². The fourth-order valence-electron chi connectivity index (χ4n) is 4.00. The number of fused-ring (bicyclic) bond motifs is 1. The second kappa shape index (κ2) is 7.21. The van der Waals surface area contributed by atoms with Gasteiger partial charge in [-0.25, -0.2) is 0 Å². The zero-order valence-corrected chi connectivity index (χ0v) is 14.2. The summed E-state index contributed by atoms with van der Waals surface area (Å²) in [6, 6.07) is 8.42. The lowest BCUT2D eigenvalue weighted by Crippen LogP contribution is -2.52. The maximum Gasteiger partial charge on any atom is 0.253 e. The summed E-state index contributed by atoms with van der Waals surface area (Å²) in [5.74, 6) is 0.762. The first kappa shape index (κ1) is 16.1. The molecule has 2 saturated heterocycles. The van der Waals surface area contributed by atoms with Gasteiger partial charge in [-0.2, -0.15) is 0 Å². The zero-order valence-electron chi connectivity index (χ0n) is 14.2. The van der Waals surface area contributed by atoms with Crippen LogP contribution >= 0.6 is 0 Å². The van der Waals surface area contributed by atoms with E-state index in [-0.39, 0.29) is 12.0 Å². The maximum atomic E-state index is 12.9. The minimum absolute atomic E-state index is 0.150. The Morgan fingerprint density at radius 2 is 2.04 bits per heavy atom. The Balaban J connectivity index is 1.35. The van der Waals surface area contributed by atoms with Gasteiger partial charge >= 0.3 is 0 Å². The average molecular weight is 330 g/mol. The minimum Gasteiger partial charge on any atom is -0.381 e. The Morgan fingerprint density at radius 3 is 2.88 bits per heavy atom. The van der Waals surface area contributed by atoms with E-state index in [4.69, 9.17) is 9.47 Å². The van der Waals surface area contributed by atoms with E-state index in [0.717, 1.165) is 45.7 Å². The summed E-state index contributed by atoms with van der Waals surface area (Å²) >= 11 is 0. The molecule has 0 aliphatic carbocycles. The number of ether oxygens (including phenoxy) is 2. The lowest BCUT2D eigenvalue weighted by molar-refractivity contribution is -0.150. The van der Waals surface area contributed by atoms with Crippen LogP contribution in [-0.4, -0.2) is 67.8 Å². The Kier molecular flexibility index (Phi) is 4.83. The number of carbonyl (C=O) groups excluding carboxylic acids is 1. The van der Waals surface area contributed by atoms with E-state index in [1.165, 1.54) is 11.1 Å². The SMILES string of the molecule is O=C(C1CN(CC2CCOC2)CCO1)N1CCc2ccccc2C1. The van der Waals surface area contributed by atoms with E-state index in [1.807, 2.05) is 4.90 Å². The van der Waals surface area contributed by atoms with Gasteiger partial charge in [-0.05, 0) is 29.9 Å². The molecule has 5 nitrogen and oxygen atoms in total. The van der Waals surface area contributed by atoms with Crippen LogP contribution in [0.25, 0.3) is 0 Å². The van der Waals surface area contributed by atoms with E-state index >= 15 is 0 Å². The molecule has 0 saturated carbocycles. The first-order chi connectivity index (χ1) is 11.8. The van der Waals surface area contributed by atoms with Crippen molar-refractivity contribution in [2.75, 3.05) is 46.0 Å². The summed E-state index contributed by atoms with van der Waals surface area (Å²) in [6.45, 7) is 6.56. The summed E-state index contributed by atoms with van der Waals surface area (Å²) in [7, 11) is 0. The standard InChI is InChI=1S/C19H26N2O3/c22-19(21-7-5-16-3-1-2-4-17(16)12-21)18-13-20(8-10-24-18)11-15-6-9-23-14-15/h1-4,15,18H,5-14H2. The fourth-order valence-corrected chi connectivity index (χ4v) is 4.00. The van der Waals surface area contributed by atoms with Crippen LogP contribution in [0.5, 0.6) is 0 Å². The van der Waals surface area contributed by atoms with E-state index in [1.54, 1.807) is 0 Å². The highest BCUT2D eigenvalue weighted by molar-refractivity contribution is 5.81. The highest BCUT2D eigenvalue weighted by Gasteiger charge is 2.32. The number of amides is 1. The predicted molar refractivity (Wildman–Crippen MR) is 90.7 cm³/mol. The third-order valence-corrected chi connectivity index (χ3v) is 5.41. The molecule has 3 aliphatic heterocycles. The molecule has 0 radical (unpaired) electrons. The number of carbonyl (C=O) groups is 1. The van der Waals surface area contributed by atoms with Crippen molar-refractivity contribution in [1.82, 2.24) is 9.80 Å². The first-order valence-electron chi connectivity index (χ1n) is 9.07. The largest absolute Gasteiger partial charge is 0.381 e. The molecule has 0 N–H and O–H groups in total. The van der Waals surface area contributed by atoms with Crippen molar-refractivity contribution < 1.29 is 14.3 Å². The van der Waals surface area contributed by atoms with Gasteiger partial charge in [0.2, 0.25) is 0 Å². The topological polar surface area (TPSA) is 42.0 Å². The Hall–Kier alpha value is -1.43. The van der Waals surface area contributed by atoms with Gasteiger partial charge in [-0.15, -0.1) is 0 Å². The second-order valence-corrected chi connectivity index (χ2v) is 7.13. The molecule has 4 rings (SSSR count). The number of hydrogen-bond acceptors (Lipinski definition) is 4. The molecule has 5 heteroatoms. The minimum atomic E-state index is -0.314. The van der Waals surface area contributed by atoms with Crippen molar-refractivity contribution in [2.24, 2.45) is 5.92 Å². The van der Waals surface area contributed by atoms with Gasteiger partial charge in [0.25, 0.3) is 5.91 Å². The quantitative estimate of drug-likeness (QED) is 0.838. The molecule has 3 heterocycles. The monoisotopic (exact) mass is 330 g/mol. The first-order valence-corrected chi connectivity index (χ1v) is 9.07. The maximum absolute atomic E-state index is 12.9. The van der Waals surface area contributed by atoms with Crippen molar-refractivity contribution >= 4 is 5.91 Å². The smallest absolute Gasteiger partial charge is 0.253 e. The third-order valence-electron chi connectivity index (χ3n) is 5.41. The van der Waals surface area contributed by atoms with Gasteiger partial charge in [0.05, 0.1) is 13.2 Å². The van der Waals surface area contributed by atoms with Crippen LogP contribution < -0.4 is 0 Å². The van der Waals surface area contributed by atoms with Gasteiger partial charge in [0, 0.05) is 39.3 Å². The highest BCUT2D eigenvalue weighted by atomic mass is 16.5. The highest BCUT2D eigenvalue weighted by Crippen LogP contribution is 2.21. The summed E-state index contributed by atoms with van der Waals surface area (Å²) in [6.07, 6.45) is 1.77. The van der Waals surface area contributed by atoms with Gasteiger partial charge in [-0.3, -0.25) is 9.69 Å². The van der Waals surface area contributed by atoms with Crippen molar-refractivity contribution in [2.45, 2.75) is 25.5 Å². The van der Waals surface area contributed by atoms with Crippen LogP contribution in [0, 0.1) is 5.92 Å². The average Bonchev–Trinajstić information content (AvgIpc) is 3.14. The molecular formula is C19H26N2O3. The van der Waals surface area contributed by atoms with E-state index in [0.29, 0.717) is 25.6 Å². The molecule has 3 aliphatic rings. The van der Waals surface area contributed by atoms with Crippen molar-refractivity contribution in [3.05, 3.63) is 35.4 Å². The number of morpholine rings is 1. The van der Waals surface area contributed by atoms with Crippen molar-refractivity contribution in [3.8, 4) is 0 Å². The molecule has 2 atom stereocenters. The van der Waals surface area contributed by atoms with E-state index < -0.39 is 0 Å².